The van der Waals surface area contributed by atoms with Crippen molar-refractivity contribution in [3.63, 3.8) is 0 Å². The predicted molar refractivity (Wildman–Crippen MR) is 115 cm³/mol. The van der Waals surface area contributed by atoms with Crippen molar-refractivity contribution < 1.29 is 14.0 Å². The number of anilines is 1. The summed E-state index contributed by atoms with van der Waals surface area (Å²) >= 11 is 5.93. The van der Waals surface area contributed by atoms with E-state index in [9.17, 15) is 9.59 Å². The molecule has 0 atom stereocenters. The average Bonchev–Trinajstić information content (AvgIpc) is 3.25. The maximum atomic E-state index is 12.9. The van der Waals surface area contributed by atoms with Crippen LogP contribution in [0, 0.1) is 0 Å². The van der Waals surface area contributed by atoms with Gasteiger partial charge in [-0.2, -0.15) is 0 Å². The second-order valence-electron chi connectivity index (χ2n) is 6.48. The van der Waals surface area contributed by atoms with Crippen molar-refractivity contribution in [3.05, 3.63) is 95.1 Å². The Morgan fingerprint density at radius 1 is 0.933 bits per heavy atom. The fraction of sp³-hybridized carbons (Fsp3) is 0. The zero-order chi connectivity index (χ0) is 21.1. The summed E-state index contributed by atoms with van der Waals surface area (Å²) in [4.78, 5) is 28.4. The van der Waals surface area contributed by atoms with Gasteiger partial charge >= 0.3 is 0 Å². The zero-order valence-electron chi connectivity index (χ0n) is 15.6. The lowest BCUT2D eigenvalue weighted by atomic mass is 10.1. The van der Waals surface area contributed by atoms with Crippen molar-refractivity contribution in [3.8, 4) is 22.8 Å². The number of nitrogens with zero attached hydrogens (tertiary/aromatic N) is 1. The van der Waals surface area contributed by atoms with E-state index in [0.29, 0.717) is 39.1 Å². The van der Waals surface area contributed by atoms with E-state index >= 15 is 0 Å². The summed E-state index contributed by atoms with van der Waals surface area (Å²) in [6.07, 6.45) is 1.61. The highest BCUT2D eigenvalue weighted by atomic mass is 35.5. The zero-order valence-corrected chi connectivity index (χ0v) is 16.4. The van der Waals surface area contributed by atoms with Gasteiger partial charge in [0.25, 0.3) is 5.91 Å². The molecule has 0 unspecified atom stereocenters. The van der Waals surface area contributed by atoms with Gasteiger partial charge in [-0.05, 0) is 60.7 Å². The molecule has 4 rings (SSSR count). The fourth-order valence-electron chi connectivity index (χ4n) is 2.93. The highest BCUT2D eigenvalue weighted by molar-refractivity contribution is 6.30. The SMILES string of the molecule is NC(=O)c1ccc(NC(=O)c2ccccc2-c2ncc(-c3ccc(Cl)cc3)o2)cc1. The molecule has 0 fully saturated rings. The lowest BCUT2D eigenvalue weighted by Gasteiger charge is -2.08. The second kappa shape index (κ2) is 8.23. The first kappa shape index (κ1) is 19.4. The third kappa shape index (κ3) is 4.09. The van der Waals surface area contributed by atoms with E-state index in [4.69, 9.17) is 21.8 Å². The molecular formula is C23H16ClN3O3. The van der Waals surface area contributed by atoms with E-state index in [1.807, 2.05) is 12.1 Å². The molecule has 0 aliphatic rings. The summed E-state index contributed by atoms with van der Waals surface area (Å²) in [5.41, 5.74) is 7.93. The summed E-state index contributed by atoms with van der Waals surface area (Å²) in [5.74, 6) is 0.0379. The van der Waals surface area contributed by atoms with Crippen molar-refractivity contribution >= 4 is 29.1 Å². The lowest BCUT2D eigenvalue weighted by Crippen LogP contribution is -2.14. The summed E-state index contributed by atoms with van der Waals surface area (Å²) in [6, 6.07) is 20.6. The molecule has 0 aliphatic heterocycles. The van der Waals surface area contributed by atoms with E-state index in [-0.39, 0.29) is 5.91 Å². The molecule has 0 saturated carbocycles. The molecule has 4 aromatic rings. The molecule has 0 aliphatic carbocycles. The molecule has 0 radical (unpaired) electrons. The number of carbonyl (C=O) groups excluding carboxylic acids is 2. The molecule has 7 heteroatoms. The summed E-state index contributed by atoms with van der Waals surface area (Å²) < 4.78 is 5.89. The minimum absolute atomic E-state index is 0.328. The summed E-state index contributed by atoms with van der Waals surface area (Å²) in [6.45, 7) is 0. The van der Waals surface area contributed by atoms with Crippen molar-refractivity contribution in [1.29, 1.82) is 0 Å². The molecule has 30 heavy (non-hydrogen) atoms. The molecule has 0 bridgehead atoms. The first-order chi connectivity index (χ1) is 14.5. The number of nitrogens with two attached hydrogens (primary N) is 1. The van der Waals surface area contributed by atoms with Gasteiger partial charge in [0.05, 0.1) is 11.8 Å². The van der Waals surface area contributed by atoms with Gasteiger partial charge in [0, 0.05) is 27.4 Å². The standard InChI is InChI=1S/C23H16ClN3O3/c24-16-9-5-14(6-10-16)20-13-26-23(30-20)19-4-2-1-3-18(19)22(29)27-17-11-7-15(8-12-17)21(25)28/h1-13H,(H2,25,28)(H,27,29). The molecule has 6 nitrogen and oxygen atoms in total. The van der Waals surface area contributed by atoms with Crippen molar-refractivity contribution in [1.82, 2.24) is 4.98 Å². The van der Waals surface area contributed by atoms with Crippen molar-refractivity contribution in [2.75, 3.05) is 5.32 Å². The van der Waals surface area contributed by atoms with Crippen LogP contribution >= 0.6 is 11.6 Å². The third-order valence-corrected chi connectivity index (χ3v) is 4.72. The number of rotatable bonds is 5. The molecule has 3 N–H and O–H groups in total. The first-order valence-corrected chi connectivity index (χ1v) is 9.41. The Kier molecular flexibility index (Phi) is 5.32. The number of carbonyl (C=O) groups is 2. The molecule has 1 aromatic heterocycles. The van der Waals surface area contributed by atoms with Crippen LogP contribution in [0.25, 0.3) is 22.8 Å². The Hall–Kier alpha value is -3.90. The van der Waals surface area contributed by atoms with E-state index in [1.165, 1.54) is 0 Å². The normalized spacial score (nSPS) is 10.6. The van der Waals surface area contributed by atoms with Gasteiger partial charge in [-0.25, -0.2) is 4.98 Å². The Morgan fingerprint density at radius 3 is 2.33 bits per heavy atom. The van der Waals surface area contributed by atoms with Gasteiger partial charge in [-0.1, -0.05) is 23.7 Å². The van der Waals surface area contributed by atoms with Gasteiger partial charge in [0.1, 0.15) is 0 Å². The van der Waals surface area contributed by atoms with Crippen molar-refractivity contribution in [2.45, 2.75) is 0 Å². The van der Waals surface area contributed by atoms with Crippen LogP contribution < -0.4 is 11.1 Å². The number of amides is 2. The lowest BCUT2D eigenvalue weighted by molar-refractivity contribution is 0.0998. The van der Waals surface area contributed by atoms with Crippen LogP contribution in [-0.4, -0.2) is 16.8 Å². The quantitative estimate of drug-likeness (QED) is 0.476. The number of oxazole rings is 1. The smallest absolute Gasteiger partial charge is 0.256 e. The minimum atomic E-state index is -0.529. The van der Waals surface area contributed by atoms with Crippen LogP contribution in [0.15, 0.2) is 83.4 Å². The first-order valence-electron chi connectivity index (χ1n) is 9.03. The number of benzene rings is 3. The third-order valence-electron chi connectivity index (χ3n) is 4.46. The maximum absolute atomic E-state index is 12.9. The van der Waals surface area contributed by atoms with E-state index in [0.717, 1.165) is 5.56 Å². The van der Waals surface area contributed by atoms with Crippen LogP contribution in [0.4, 0.5) is 5.69 Å². The maximum Gasteiger partial charge on any atom is 0.256 e. The van der Waals surface area contributed by atoms with E-state index in [1.54, 1.807) is 66.9 Å². The molecule has 3 aromatic carbocycles. The molecule has 0 spiro atoms. The number of hydrogen-bond acceptors (Lipinski definition) is 4. The molecule has 2 amide bonds. The average molecular weight is 418 g/mol. The minimum Gasteiger partial charge on any atom is -0.436 e. The number of nitrogens with one attached hydrogen (secondary N) is 1. The van der Waals surface area contributed by atoms with Crippen LogP contribution in [-0.2, 0) is 0 Å². The van der Waals surface area contributed by atoms with Gasteiger partial charge in [-0.3, -0.25) is 9.59 Å². The Morgan fingerprint density at radius 2 is 1.63 bits per heavy atom. The Bertz CT molecular complexity index is 1220. The number of hydrogen-bond donors (Lipinski definition) is 2. The molecule has 0 saturated heterocycles. The summed E-state index contributed by atoms with van der Waals surface area (Å²) in [7, 11) is 0. The fourth-order valence-corrected chi connectivity index (χ4v) is 3.06. The molecule has 148 valence electrons. The van der Waals surface area contributed by atoms with Crippen LogP contribution in [0.3, 0.4) is 0 Å². The number of primary amides is 1. The highest BCUT2D eigenvalue weighted by Gasteiger charge is 2.17. The van der Waals surface area contributed by atoms with Crippen molar-refractivity contribution in [2.24, 2.45) is 5.73 Å². The number of halogens is 1. The highest BCUT2D eigenvalue weighted by Crippen LogP contribution is 2.29. The summed E-state index contributed by atoms with van der Waals surface area (Å²) in [5, 5.41) is 3.43. The topological polar surface area (TPSA) is 98.2 Å². The van der Waals surface area contributed by atoms with E-state index < -0.39 is 5.91 Å². The molecule has 1 heterocycles. The second-order valence-corrected chi connectivity index (χ2v) is 6.91. The van der Waals surface area contributed by atoms with Gasteiger partial charge < -0.3 is 15.5 Å². The molecular weight excluding hydrogens is 402 g/mol. The Balaban J connectivity index is 1.60. The number of aromatic nitrogens is 1. The van der Waals surface area contributed by atoms with Crippen LogP contribution in [0.1, 0.15) is 20.7 Å². The monoisotopic (exact) mass is 417 g/mol. The van der Waals surface area contributed by atoms with Crippen LogP contribution in [0.5, 0.6) is 0 Å². The van der Waals surface area contributed by atoms with Gasteiger partial charge in [-0.15, -0.1) is 0 Å². The predicted octanol–water partition coefficient (Wildman–Crippen LogP) is 5.01. The Labute approximate surface area is 177 Å². The van der Waals surface area contributed by atoms with Crippen LogP contribution in [0.2, 0.25) is 5.02 Å². The van der Waals surface area contributed by atoms with Gasteiger partial charge in [0.2, 0.25) is 11.8 Å². The van der Waals surface area contributed by atoms with E-state index in [2.05, 4.69) is 10.3 Å². The largest absolute Gasteiger partial charge is 0.436 e. The van der Waals surface area contributed by atoms with Gasteiger partial charge in [0.15, 0.2) is 5.76 Å².